The van der Waals surface area contributed by atoms with E-state index in [1.165, 1.54) is 7.05 Å². The van der Waals surface area contributed by atoms with Crippen molar-refractivity contribution in [1.82, 2.24) is 5.32 Å². The first-order chi connectivity index (χ1) is 4.63. The van der Waals surface area contributed by atoms with E-state index in [1.54, 1.807) is 6.92 Å². The maximum atomic E-state index is 10.3. The Hall–Kier alpha value is -0.610. The number of aliphatic hydroxyl groups is 1. The second-order valence-electron chi connectivity index (χ2n) is 2.08. The molecule has 2 atom stereocenters. The summed E-state index contributed by atoms with van der Waals surface area (Å²) < 4.78 is 0. The van der Waals surface area contributed by atoms with E-state index < -0.39 is 18.1 Å². The minimum atomic E-state index is -1.02. The first-order valence-corrected chi connectivity index (χ1v) is 3.21. The molecule has 10 heavy (non-hydrogen) atoms. The van der Waals surface area contributed by atoms with Crippen molar-refractivity contribution in [3.63, 3.8) is 0 Å². The molecule has 0 saturated heterocycles. The van der Waals surface area contributed by atoms with E-state index in [-0.39, 0.29) is 0 Å². The van der Waals surface area contributed by atoms with Gasteiger partial charge in [-0.15, -0.1) is 0 Å². The van der Waals surface area contributed by atoms with Crippen LogP contribution < -0.4 is 5.32 Å². The fraction of sp³-hybridized carbons (Fsp3) is 0.833. The molecule has 0 bridgehead atoms. The number of rotatable bonds is 4. The van der Waals surface area contributed by atoms with E-state index in [1.807, 2.05) is 0 Å². The fourth-order valence-corrected chi connectivity index (χ4v) is 0.716. The summed E-state index contributed by atoms with van der Waals surface area (Å²) in [5.41, 5.74) is 0. The third-order valence-electron chi connectivity index (χ3n) is 1.38. The summed E-state index contributed by atoms with van der Waals surface area (Å²) in [5, 5.41) is 20.0. The normalized spacial score (nSPS) is 16.3. The molecule has 0 aromatic rings. The molecule has 0 fully saturated rings. The van der Waals surface area contributed by atoms with Crippen LogP contribution in [0.1, 0.15) is 13.3 Å². The van der Waals surface area contributed by atoms with Crippen LogP contribution in [0, 0.1) is 0 Å². The summed E-state index contributed by atoms with van der Waals surface area (Å²) >= 11 is 0. The molecule has 60 valence electrons. The molecular formula is C6H13NO3. The molecule has 0 rings (SSSR count). The standard InChI is InChI=1S/C6H13NO3/c1-3-4(8)5(7-2)6(9)10/h4-5,7-8H,3H2,1-2H3,(H,9,10)/t4-,5-/m0/s1. The molecule has 0 heterocycles. The molecule has 0 aliphatic heterocycles. The van der Waals surface area contributed by atoms with Crippen LogP contribution in [0.3, 0.4) is 0 Å². The third kappa shape index (κ3) is 2.33. The Morgan fingerprint density at radius 3 is 2.30 bits per heavy atom. The largest absolute Gasteiger partial charge is 0.480 e. The molecule has 0 aliphatic rings. The van der Waals surface area contributed by atoms with Gasteiger partial charge in [-0.2, -0.15) is 0 Å². The number of aliphatic carboxylic acids is 1. The maximum Gasteiger partial charge on any atom is 0.323 e. The fourth-order valence-electron chi connectivity index (χ4n) is 0.716. The lowest BCUT2D eigenvalue weighted by Gasteiger charge is -2.15. The quantitative estimate of drug-likeness (QED) is 0.498. The Labute approximate surface area is 59.9 Å². The molecule has 0 aliphatic carbocycles. The van der Waals surface area contributed by atoms with Crippen molar-refractivity contribution < 1.29 is 15.0 Å². The Balaban J connectivity index is 3.92. The van der Waals surface area contributed by atoms with Crippen LogP contribution in [0.4, 0.5) is 0 Å². The first-order valence-electron chi connectivity index (χ1n) is 3.21. The van der Waals surface area contributed by atoms with Crippen LogP contribution in [0.2, 0.25) is 0 Å². The van der Waals surface area contributed by atoms with Crippen LogP contribution in [0.5, 0.6) is 0 Å². The summed E-state index contributed by atoms with van der Waals surface area (Å²) in [6, 6.07) is -0.843. The van der Waals surface area contributed by atoms with Crippen molar-refractivity contribution in [1.29, 1.82) is 0 Å². The Kier molecular flexibility index (Phi) is 3.99. The highest BCUT2D eigenvalue weighted by atomic mass is 16.4. The van der Waals surface area contributed by atoms with Crippen LogP contribution >= 0.6 is 0 Å². The van der Waals surface area contributed by atoms with E-state index in [0.29, 0.717) is 6.42 Å². The second-order valence-corrected chi connectivity index (χ2v) is 2.08. The van der Waals surface area contributed by atoms with Gasteiger partial charge in [-0.25, -0.2) is 0 Å². The van der Waals surface area contributed by atoms with Crippen molar-refractivity contribution in [3.05, 3.63) is 0 Å². The minimum absolute atomic E-state index is 0.442. The lowest BCUT2D eigenvalue weighted by Crippen LogP contribution is -2.43. The van der Waals surface area contributed by atoms with Crippen LogP contribution in [-0.2, 0) is 4.79 Å². The lowest BCUT2D eigenvalue weighted by atomic mass is 10.1. The van der Waals surface area contributed by atoms with Gasteiger partial charge < -0.3 is 15.5 Å². The molecule has 0 amide bonds. The molecule has 0 aromatic heterocycles. The van der Waals surface area contributed by atoms with Gasteiger partial charge in [-0.3, -0.25) is 4.79 Å². The van der Waals surface area contributed by atoms with E-state index in [2.05, 4.69) is 5.32 Å². The molecule has 4 nitrogen and oxygen atoms in total. The van der Waals surface area contributed by atoms with Crippen molar-refractivity contribution in [3.8, 4) is 0 Å². The Bertz CT molecular complexity index is 116. The molecule has 0 aromatic carbocycles. The van der Waals surface area contributed by atoms with Gasteiger partial charge in [0.15, 0.2) is 0 Å². The molecule has 0 spiro atoms. The average molecular weight is 147 g/mol. The van der Waals surface area contributed by atoms with Gasteiger partial charge in [-0.05, 0) is 13.5 Å². The highest BCUT2D eigenvalue weighted by Crippen LogP contribution is 1.97. The average Bonchev–Trinajstić information content (AvgIpc) is 1.88. The highest BCUT2D eigenvalue weighted by Gasteiger charge is 2.22. The smallest absolute Gasteiger partial charge is 0.323 e. The van der Waals surface area contributed by atoms with E-state index in [9.17, 15) is 4.79 Å². The number of hydrogen-bond donors (Lipinski definition) is 3. The van der Waals surface area contributed by atoms with Crippen LogP contribution in [0.15, 0.2) is 0 Å². The third-order valence-corrected chi connectivity index (χ3v) is 1.38. The lowest BCUT2D eigenvalue weighted by molar-refractivity contribution is -0.142. The highest BCUT2D eigenvalue weighted by molar-refractivity contribution is 5.74. The van der Waals surface area contributed by atoms with E-state index in [4.69, 9.17) is 10.2 Å². The van der Waals surface area contributed by atoms with Gasteiger partial charge in [0.05, 0.1) is 6.10 Å². The summed E-state index contributed by atoms with van der Waals surface area (Å²) in [5.74, 6) is -1.02. The zero-order valence-corrected chi connectivity index (χ0v) is 6.16. The topological polar surface area (TPSA) is 69.6 Å². The Morgan fingerprint density at radius 1 is 1.70 bits per heavy atom. The van der Waals surface area contributed by atoms with Crippen molar-refractivity contribution >= 4 is 5.97 Å². The summed E-state index contributed by atoms with van der Waals surface area (Å²) in [4.78, 5) is 10.3. The second kappa shape index (κ2) is 4.24. The van der Waals surface area contributed by atoms with Gasteiger partial charge in [0.25, 0.3) is 0 Å². The number of likely N-dealkylation sites (N-methyl/N-ethyl adjacent to an activating group) is 1. The van der Waals surface area contributed by atoms with Crippen molar-refractivity contribution in [2.24, 2.45) is 0 Å². The van der Waals surface area contributed by atoms with Gasteiger partial charge in [-0.1, -0.05) is 6.92 Å². The number of nitrogens with one attached hydrogen (secondary N) is 1. The summed E-state index contributed by atoms with van der Waals surface area (Å²) in [6.45, 7) is 1.73. The van der Waals surface area contributed by atoms with Gasteiger partial charge in [0.1, 0.15) is 6.04 Å². The van der Waals surface area contributed by atoms with Crippen LogP contribution in [0.25, 0.3) is 0 Å². The molecule has 4 heteroatoms. The van der Waals surface area contributed by atoms with Gasteiger partial charge in [0.2, 0.25) is 0 Å². The molecular weight excluding hydrogens is 134 g/mol. The zero-order valence-electron chi connectivity index (χ0n) is 6.16. The number of carbonyl (C=O) groups is 1. The molecule has 0 radical (unpaired) electrons. The van der Waals surface area contributed by atoms with E-state index >= 15 is 0 Å². The molecule has 3 N–H and O–H groups in total. The van der Waals surface area contributed by atoms with Crippen LogP contribution in [-0.4, -0.2) is 35.4 Å². The van der Waals surface area contributed by atoms with Gasteiger partial charge in [0, 0.05) is 0 Å². The molecule has 0 saturated carbocycles. The first kappa shape index (κ1) is 9.39. The predicted molar refractivity (Wildman–Crippen MR) is 36.8 cm³/mol. The van der Waals surface area contributed by atoms with E-state index in [0.717, 1.165) is 0 Å². The summed E-state index contributed by atoms with van der Waals surface area (Å²) in [7, 11) is 1.51. The van der Waals surface area contributed by atoms with Gasteiger partial charge >= 0.3 is 5.97 Å². The van der Waals surface area contributed by atoms with Crippen molar-refractivity contribution in [2.75, 3.05) is 7.05 Å². The maximum absolute atomic E-state index is 10.3. The minimum Gasteiger partial charge on any atom is -0.480 e. The molecule has 0 unspecified atom stereocenters. The van der Waals surface area contributed by atoms with Crippen molar-refractivity contribution in [2.45, 2.75) is 25.5 Å². The Morgan fingerprint density at radius 2 is 2.20 bits per heavy atom. The SMILES string of the molecule is CC[C@H](O)[C@H](NC)C(=O)O. The number of carboxylic acid groups (broad SMARTS) is 1. The summed E-state index contributed by atoms with van der Waals surface area (Å²) in [6.07, 6.45) is -0.361. The predicted octanol–water partition coefficient (Wildman–Crippen LogP) is -0.570. The zero-order chi connectivity index (χ0) is 8.15. The monoisotopic (exact) mass is 147 g/mol. The number of carboxylic acids is 1. The number of hydrogen-bond acceptors (Lipinski definition) is 3. The number of aliphatic hydroxyl groups excluding tert-OH is 1.